The molecule has 1 saturated heterocycles. The number of amides is 2. The molecule has 1 aliphatic heterocycles. The van der Waals surface area contributed by atoms with Gasteiger partial charge >= 0.3 is 0 Å². The maximum Gasteiger partial charge on any atom is 0.248 e. The van der Waals surface area contributed by atoms with Gasteiger partial charge in [0.1, 0.15) is 11.8 Å². The van der Waals surface area contributed by atoms with Crippen molar-refractivity contribution in [2.24, 2.45) is 0 Å². The summed E-state index contributed by atoms with van der Waals surface area (Å²) in [6, 6.07) is 8.86. The zero-order valence-electron chi connectivity index (χ0n) is 14.2. The normalized spacial score (nSPS) is 17.2. The van der Waals surface area contributed by atoms with Crippen LogP contribution in [-0.4, -0.2) is 34.4 Å². The van der Waals surface area contributed by atoms with E-state index in [0.717, 1.165) is 11.3 Å². The number of rotatable bonds is 4. The van der Waals surface area contributed by atoms with E-state index in [-0.39, 0.29) is 11.8 Å². The van der Waals surface area contributed by atoms with Crippen LogP contribution in [-0.2, 0) is 9.59 Å². The molecule has 25 heavy (non-hydrogen) atoms. The highest BCUT2D eigenvalue weighted by Gasteiger charge is 2.33. The number of nitrogens with one attached hydrogen (secondary N) is 1. The lowest BCUT2D eigenvalue weighted by molar-refractivity contribution is -0.132. The number of thioether (sulfide) groups is 1. The van der Waals surface area contributed by atoms with Gasteiger partial charge in [0.05, 0.1) is 12.1 Å². The first kappa shape index (κ1) is 17.4. The van der Waals surface area contributed by atoms with Crippen LogP contribution in [0.15, 0.2) is 47.1 Å². The molecule has 5 nitrogen and oxygen atoms in total. The highest BCUT2D eigenvalue weighted by atomic mass is 32.2. The van der Waals surface area contributed by atoms with Gasteiger partial charge < -0.3 is 14.6 Å². The Hall–Kier alpha value is -2.47. The van der Waals surface area contributed by atoms with Crippen LogP contribution in [0.4, 0.5) is 5.69 Å². The quantitative estimate of drug-likeness (QED) is 0.853. The molecule has 130 valence electrons. The van der Waals surface area contributed by atoms with Gasteiger partial charge in [-0.3, -0.25) is 9.59 Å². The van der Waals surface area contributed by atoms with E-state index in [1.807, 2.05) is 32.0 Å². The molecule has 1 aromatic carbocycles. The van der Waals surface area contributed by atoms with Crippen LogP contribution >= 0.6 is 11.8 Å². The van der Waals surface area contributed by atoms with Crippen molar-refractivity contribution in [1.82, 2.24) is 4.90 Å². The highest BCUT2D eigenvalue weighted by molar-refractivity contribution is 7.99. The lowest BCUT2D eigenvalue weighted by Crippen LogP contribution is -2.43. The Labute approximate surface area is 151 Å². The summed E-state index contributed by atoms with van der Waals surface area (Å²) in [6.45, 7) is 4.03. The second-order valence-electron chi connectivity index (χ2n) is 5.96. The fraction of sp³-hybridized carbons (Fsp3) is 0.263. The number of aryl methyl sites for hydroxylation is 2. The molecule has 2 heterocycles. The van der Waals surface area contributed by atoms with Crippen LogP contribution in [0, 0.1) is 13.8 Å². The smallest absolute Gasteiger partial charge is 0.248 e. The zero-order valence-corrected chi connectivity index (χ0v) is 15.0. The zero-order chi connectivity index (χ0) is 17.8. The van der Waals surface area contributed by atoms with E-state index >= 15 is 0 Å². The summed E-state index contributed by atoms with van der Waals surface area (Å²) in [5.41, 5.74) is 3.05. The maximum absolute atomic E-state index is 12.6. The average Bonchev–Trinajstić information content (AvgIpc) is 3.27. The van der Waals surface area contributed by atoms with Crippen molar-refractivity contribution in [2.75, 3.05) is 16.9 Å². The molecule has 0 bridgehead atoms. The molecular formula is C19H20N2O3S. The van der Waals surface area contributed by atoms with Gasteiger partial charge in [0.25, 0.3) is 0 Å². The Morgan fingerprint density at radius 2 is 2.12 bits per heavy atom. The average molecular weight is 356 g/mol. The molecule has 0 saturated carbocycles. The van der Waals surface area contributed by atoms with E-state index < -0.39 is 6.04 Å². The van der Waals surface area contributed by atoms with Crippen molar-refractivity contribution < 1.29 is 14.0 Å². The van der Waals surface area contributed by atoms with Crippen LogP contribution in [0.1, 0.15) is 16.9 Å². The first-order valence-corrected chi connectivity index (χ1v) is 9.18. The highest BCUT2D eigenvalue weighted by Crippen LogP contribution is 2.23. The summed E-state index contributed by atoms with van der Waals surface area (Å²) < 4.78 is 5.18. The SMILES string of the molecule is Cc1ccc(NC(=O)C2CSCN2C(=O)/C=C/c2ccco2)cc1C. The third-order valence-corrected chi connectivity index (χ3v) is 5.19. The Balaban J connectivity index is 1.66. The molecule has 0 radical (unpaired) electrons. The van der Waals surface area contributed by atoms with Crippen molar-refractivity contribution in [3.63, 3.8) is 0 Å². The number of carbonyl (C=O) groups is 2. The molecule has 1 N–H and O–H groups in total. The van der Waals surface area contributed by atoms with E-state index in [1.165, 1.54) is 11.6 Å². The van der Waals surface area contributed by atoms with E-state index in [4.69, 9.17) is 4.42 Å². The maximum atomic E-state index is 12.6. The Morgan fingerprint density at radius 3 is 2.84 bits per heavy atom. The van der Waals surface area contributed by atoms with Crippen LogP contribution in [0.25, 0.3) is 6.08 Å². The van der Waals surface area contributed by atoms with Gasteiger partial charge in [0, 0.05) is 17.5 Å². The minimum Gasteiger partial charge on any atom is -0.465 e. The van der Waals surface area contributed by atoms with Crippen LogP contribution in [0.5, 0.6) is 0 Å². The lowest BCUT2D eigenvalue weighted by Gasteiger charge is -2.21. The van der Waals surface area contributed by atoms with Crippen molar-refractivity contribution in [2.45, 2.75) is 19.9 Å². The van der Waals surface area contributed by atoms with Gasteiger partial charge in [-0.25, -0.2) is 0 Å². The Kier molecular flexibility index (Phi) is 5.28. The minimum absolute atomic E-state index is 0.159. The topological polar surface area (TPSA) is 62.6 Å². The molecule has 2 aromatic rings. The van der Waals surface area contributed by atoms with E-state index in [1.54, 1.807) is 41.1 Å². The van der Waals surface area contributed by atoms with Crippen LogP contribution < -0.4 is 5.32 Å². The third kappa shape index (κ3) is 4.14. The number of hydrogen-bond donors (Lipinski definition) is 1. The summed E-state index contributed by atoms with van der Waals surface area (Å²) in [4.78, 5) is 26.6. The van der Waals surface area contributed by atoms with Crippen LogP contribution in [0.3, 0.4) is 0 Å². The number of hydrogen-bond acceptors (Lipinski definition) is 4. The molecule has 1 aromatic heterocycles. The fourth-order valence-corrected chi connectivity index (χ4v) is 3.72. The van der Waals surface area contributed by atoms with E-state index in [2.05, 4.69) is 5.32 Å². The minimum atomic E-state index is -0.472. The fourth-order valence-electron chi connectivity index (χ4n) is 2.56. The molecule has 1 unspecified atom stereocenters. The molecule has 1 aliphatic rings. The Morgan fingerprint density at radius 1 is 1.28 bits per heavy atom. The first-order valence-electron chi connectivity index (χ1n) is 8.02. The molecule has 3 rings (SSSR count). The third-order valence-electron chi connectivity index (χ3n) is 4.18. The summed E-state index contributed by atoms with van der Waals surface area (Å²) >= 11 is 1.57. The van der Waals surface area contributed by atoms with Crippen molar-refractivity contribution in [1.29, 1.82) is 0 Å². The van der Waals surface area contributed by atoms with Crippen molar-refractivity contribution in [3.8, 4) is 0 Å². The van der Waals surface area contributed by atoms with E-state index in [0.29, 0.717) is 17.4 Å². The predicted octanol–water partition coefficient (Wildman–Crippen LogP) is 3.45. The predicted molar refractivity (Wildman–Crippen MR) is 100 cm³/mol. The summed E-state index contributed by atoms with van der Waals surface area (Å²) in [7, 11) is 0. The summed E-state index contributed by atoms with van der Waals surface area (Å²) in [6.07, 6.45) is 4.61. The number of nitrogens with zero attached hydrogens (tertiary/aromatic N) is 1. The molecular weight excluding hydrogens is 336 g/mol. The van der Waals surface area contributed by atoms with Gasteiger partial charge in [0.2, 0.25) is 11.8 Å². The number of anilines is 1. The Bertz CT molecular complexity index is 799. The number of benzene rings is 1. The van der Waals surface area contributed by atoms with Gasteiger partial charge in [-0.15, -0.1) is 11.8 Å². The summed E-state index contributed by atoms with van der Waals surface area (Å²) in [5, 5.41) is 2.92. The molecule has 0 aliphatic carbocycles. The van der Waals surface area contributed by atoms with Gasteiger partial charge in [-0.2, -0.15) is 0 Å². The first-order chi connectivity index (χ1) is 12.0. The second-order valence-corrected chi connectivity index (χ2v) is 6.96. The lowest BCUT2D eigenvalue weighted by atomic mass is 10.1. The summed E-state index contributed by atoms with van der Waals surface area (Å²) in [5.74, 6) is 1.36. The molecule has 2 amide bonds. The number of furan rings is 1. The van der Waals surface area contributed by atoms with Gasteiger partial charge in [-0.05, 0) is 55.3 Å². The van der Waals surface area contributed by atoms with Gasteiger partial charge in [0.15, 0.2) is 0 Å². The van der Waals surface area contributed by atoms with Crippen molar-refractivity contribution >= 4 is 35.3 Å². The molecule has 1 atom stereocenters. The second kappa shape index (κ2) is 7.61. The van der Waals surface area contributed by atoms with Crippen molar-refractivity contribution in [3.05, 3.63) is 59.6 Å². The van der Waals surface area contributed by atoms with Crippen LogP contribution in [0.2, 0.25) is 0 Å². The molecule has 6 heteroatoms. The standard InChI is InChI=1S/C19H20N2O3S/c1-13-5-6-15(10-14(13)2)20-19(23)17-11-25-12-21(17)18(22)8-7-16-4-3-9-24-16/h3-10,17H,11-12H2,1-2H3,(H,20,23)/b8-7+. The van der Waals surface area contributed by atoms with Gasteiger partial charge in [-0.1, -0.05) is 6.07 Å². The molecule has 1 fully saturated rings. The largest absolute Gasteiger partial charge is 0.465 e. The molecule has 0 spiro atoms. The number of carbonyl (C=O) groups excluding carboxylic acids is 2. The van der Waals surface area contributed by atoms with E-state index in [9.17, 15) is 9.59 Å². The monoisotopic (exact) mass is 356 g/mol.